The number of nitrogens with zero attached hydrogens (tertiary/aromatic N) is 2. The van der Waals surface area contributed by atoms with Crippen molar-refractivity contribution in [1.82, 2.24) is 9.97 Å². The summed E-state index contributed by atoms with van der Waals surface area (Å²) < 4.78 is 0. The number of pyridine rings is 2. The third kappa shape index (κ3) is 5.13. The Kier molecular flexibility index (Phi) is 7.38. The quantitative estimate of drug-likeness (QED) is 0.175. The minimum absolute atomic E-state index is 0.0664. The van der Waals surface area contributed by atoms with Crippen molar-refractivity contribution in [3.8, 4) is 33.4 Å². The summed E-state index contributed by atoms with van der Waals surface area (Å²) in [4.78, 5) is 10.9. The smallest absolute Gasteiger partial charge is 0.0974 e. The summed E-state index contributed by atoms with van der Waals surface area (Å²) in [5, 5.41) is 5.07. The van der Waals surface area contributed by atoms with Crippen molar-refractivity contribution in [1.29, 1.82) is 0 Å². The lowest BCUT2D eigenvalue weighted by Gasteiger charge is -2.23. The van der Waals surface area contributed by atoms with E-state index < -0.39 is 0 Å². The van der Waals surface area contributed by atoms with Gasteiger partial charge in [0, 0.05) is 39.4 Å². The second-order valence-electron chi connectivity index (χ2n) is 16.2. The van der Waals surface area contributed by atoms with Crippen molar-refractivity contribution in [3.05, 3.63) is 132 Å². The molecule has 2 heteroatoms. The first-order chi connectivity index (χ1) is 25.0. The minimum Gasteiger partial charge on any atom is -0.250 e. The summed E-state index contributed by atoms with van der Waals surface area (Å²) in [5.74, 6) is 1.08. The Morgan fingerprint density at radius 3 is 1.98 bits per heavy atom. The lowest BCUT2D eigenvalue weighted by Crippen LogP contribution is -2.15. The molecular formula is C49H46N2. The SMILES string of the molecule is CC1(C)c2cc(-c3cccc(-c4cc(C5CCCCC5)nc5c4ccc4ccc(C6CCCCC6)nc45)c3)ccc2-c2c1ccc1ccccc21. The van der Waals surface area contributed by atoms with E-state index in [1.165, 1.54) is 142 Å². The molecule has 0 aliphatic heterocycles. The molecular weight excluding hydrogens is 617 g/mol. The molecule has 5 aromatic carbocycles. The first-order valence-corrected chi connectivity index (χ1v) is 19.6. The molecule has 51 heavy (non-hydrogen) atoms. The van der Waals surface area contributed by atoms with Gasteiger partial charge in [-0.05, 0) is 105 Å². The van der Waals surface area contributed by atoms with Crippen LogP contribution in [0.2, 0.25) is 0 Å². The van der Waals surface area contributed by atoms with Gasteiger partial charge in [0.15, 0.2) is 0 Å². The molecule has 0 bridgehead atoms. The highest BCUT2D eigenvalue weighted by molar-refractivity contribution is 6.09. The molecule has 2 aromatic heterocycles. The first-order valence-electron chi connectivity index (χ1n) is 19.6. The molecule has 3 aliphatic rings. The largest absolute Gasteiger partial charge is 0.250 e. The summed E-state index contributed by atoms with van der Waals surface area (Å²) in [6.07, 6.45) is 12.9. The Morgan fingerprint density at radius 1 is 0.471 bits per heavy atom. The number of hydrogen-bond donors (Lipinski definition) is 0. The summed E-state index contributed by atoms with van der Waals surface area (Å²) in [6, 6.07) is 41.5. The van der Waals surface area contributed by atoms with Gasteiger partial charge in [-0.1, -0.05) is 137 Å². The average molecular weight is 663 g/mol. The van der Waals surface area contributed by atoms with Crippen molar-refractivity contribution in [2.45, 2.75) is 95.3 Å². The molecule has 2 heterocycles. The molecule has 0 N–H and O–H groups in total. The maximum absolute atomic E-state index is 5.51. The number of hydrogen-bond acceptors (Lipinski definition) is 2. The van der Waals surface area contributed by atoms with Crippen LogP contribution in [0, 0.1) is 0 Å². The lowest BCUT2D eigenvalue weighted by atomic mass is 9.81. The normalized spacial score (nSPS) is 17.6. The van der Waals surface area contributed by atoms with Crippen LogP contribution in [-0.2, 0) is 5.41 Å². The van der Waals surface area contributed by atoms with E-state index >= 15 is 0 Å². The van der Waals surface area contributed by atoms with Gasteiger partial charge in [-0.15, -0.1) is 0 Å². The molecule has 0 saturated heterocycles. The summed E-state index contributed by atoms with van der Waals surface area (Å²) in [5.41, 5.74) is 15.3. The standard InChI is InChI=1S/C49H46N2/c1-49(2)42-26-22-31-12-9-10-19-38(31)46(42)40-25-21-36(29-43(40)49)35-17-11-18-37(28-35)41-30-45(33-15-7-4-8-16-33)51-48-39(41)24-20-34-23-27-44(50-47(34)48)32-13-5-3-6-14-32/h9-12,17-30,32-33H,3-8,13-16H2,1-2H3. The van der Waals surface area contributed by atoms with Crippen molar-refractivity contribution in [2.75, 3.05) is 0 Å². The molecule has 0 radical (unpaired) electrons. The lowest BCUT2D eigenvalue weighted by molar-refractivity contribution is 0.437. The fraction of sp³-hybridized carbons (Fsp3) is 0.306. The van der Waals surface area contributed by atoms with Crippen LogP contribution in [0.25, 0.3) is 66.0 Å². The van der Waals surface area contributed by atoms with Crippen molar-refractivity contribution >= 4 is 32.6 Å². The molecule has 7 aromatic rings. The number of rotatable bonds is 4. The molecule has 3 aliphatic carbocycles. The third-order valence-corrected chi connectivity index (χ3v) is 12.8. The number of fused-ring (bicyclic) bond motifs is 8. The van der Waals surface area contributed by atoms with E-state index in [1.807, 2.05) is 0 Å². The zero-order valence-electron chi connectivity index (χ0n) is 30.0. The summed E-state index contributed by atoms with van der Waals surface area (Å²) in [6.45, 7) is 4.78. The maximum Gasteiger partial charge on any atom is 0.0974 e. The van der Waals surface area contributed by atoms with Crippen LogP contribution in [0.15, 0.2) is 109 Å². The second kappa shape index (κ2) is 12.2. The average Bonchev–Trinajstić information content (AvgIpc) is 3.43. The molecule has 252 valence electrons. The fourth-order valence-electron chi connectivity index (χ4n) is 9.93. The number of benzene rings is 5. The van der Waals surface area contributed by atoms with Crippen LogP contribution in [-0.4, -0.2) is 9.97 Å². The van der Waals surface area contributed by atoms with Crippen LogP contribution in [0.3, 0.4) is 0 Å². The predicted molar refractivity (Wildman–Crippen MR) is 215 cm³/mol. The van der Waals surface area contributed by atoms with E-state index in [4.69, 9.17) is 9.97 Å². The van der Waals surface area contributed by atoms with Crippen molar-refractivity contribution < 1.29 is 0 Å². The molecule has 0 unspecified atom stereocenters. The van der Waals surface area contributed by atoms with E-state index in [0.717, 1.165) is 11.0 Å². The van der Waals surface area contributed by atoms with E-state index in [2.05, 4.69) is 123 Å². The van der Waals surface area contributed by atoms with E-state index in [9.17, 15) is 0 Å². The van der Waals surface area contributed by atoms with Gasteiger partial charge in [0.1, 0.15) is 0 Å². The summed E-state index contributed by atoms with van der Waals surface area (Å²) >= 11 is 0. The van der Waals surface area contributed by atoms with Crippen LogP contribution in [0.5, 0.6) is 0 Å². The molecule has 2 nitrogen and oxygen atoms in total. The Bertz CT molecular complexity index is 2470. The van der Waals surface area contributed by atoms with Gasteiger partial charge in [-0.25, -0.2) is 0 Å². The van der Waals surface area contributed by atoms with Crippen LogP contribution in [0.4, 0.5) is 0 Å². The second-order valence-corrected chi connectivity index (χ2v) is 16.2. The zero-order chi connectivity index (χ0) is 34.1. The van der Waals surface area contributed by atoms with Gasteiger partial charge < -0.3 is 0 Å². The molecule has 2 saturated carbocycles. The number of aromatic nitrogens is 2. The Morgan fingerprint density at radius 2 is 1.16 bits per heavy atom. The van der Waals surface area contributed by atoms with Crippen LogP contribution < -0.4 is 0 Å². The maximum atomic E-state index is 5.51. The van der Waals surface area contributed by atoms with Crippen molar-refractivity contribution in [3.63, 3.8) is 0 Å². The Labute approximate surface area is 302 Å². The monoisotopic (exact) mass is 662 g/mol. The highest BCUT2D eigenvalue weighted by Gasteiger charge is 2.36. The van der Waals surface area contributed by atoms with E-state index in [-0.39, 0.29) is 5.41 Å². The van der Waals surface area contributed by atoms with E-state index in [1.54, 1.807) is 0 Å². The van der Waals surface area contributed by atoms with Gasteiger partial charge in [0.05, 0.1) is 11.0 Å². The molecule has 0 atom stereocenters. The van der Waals surface area contributed by atoms with Gasteiger partial charge in [0.2, 0.25) is 0 Å². The molecule has 10 rings (SSSR count). The minimum atomic E-state index is -0.0664. The summed E-state index contributed by atoms with van der Waals surface area (Å²) in [7, 11) is 0. The Balaban J connectivity index is 1.11. The fourth-order valence-corrected chi connectivity index (χ4v) is 9.93. The van der Waals surface area contributed by atoms with Crippen LogP contribution >= 0.6 is 0 Å². The van der Waals surface area contributed by atoms with E-state index in [0.29, 0.717) is 11.8 Å². The Hall–Kier alpha value is -4.82. The first kappa shape index (κ1) is 31.0. The topological polar surface area (TPSA) is 25.8 Å². The van der Waals surface area contributed by atoms with Gasteiger partial charge in [-0.3, -0.25) is 9.97 Å². The van der Waals surface area contributed by atoms with Gasteiger partial charge >= 0.3 is 0 Å². The van der Waals surface area contributed by atoms with Gasteiger partial charge in [-0.2, -0.15) is 0 Å². The highest BCUT2D eigenvalue weighted by Crippen LogP contribution is 2.52. The molecule has 2 fully saturated rings. The highest BCUT2D eigenvalue weighted by atomic mass is 14.8. The van der Waals surface area contributed by atoms with Crippen molar-refractivity contribution in [2.24, 2.45) is 0 Å². The molecule has 0 spiro atoms. The van der Waals surface area contributed by atoms with Gasteiger partial charge in [0.25, 0.3) is 0 Å². The zero-order valence-corrected chi connectivity index (χ0v) is 30.0. The van der Waals surface area contributed by atoms with Crippen LogP contribution in [0.1, 0.15) is 112 Å². The third-order valence-electron chi connectivity index (χ3n) is 12.8. The molecule has 0 amide bonds. The predicted octanol–water partition coefficient (Wildman–Crippen LogP) is 13.7.